The number of aryl methyl sites for hydroxylation is 1. The fraction of sp³-hybridized carbons (Fsp3) is 0.312. The van der Waals surface area contributed by atoms with E-state index in [-0.39, 0.29) is 10.8 Å². The number of carbonyl (C=O) groups excluding carboxylic acids is 1. The largest absolute Gasteiger partial charge is 0.325 e. The van der Waals surface area contributed by atoms with Crippen LogP contribution in [0, 0.1) is 12.7 Å². The quantitative estimate of drug-likeness (QED) is 0.848. The maximum absolute atomic E-state index is 13.6. The molecule has 0 aliphatic carbocycles. The molecule has 0 radical (unpaired) electrons. The van der Waals surface area contributed by atoms with Crippen LogP contribution in [0.15, 0.2) is 34.5 Å². The maximum atomic E-state index is 13.6. The Morgan fingerprint density at radius 2 is 2.12 bits per heavy atom. The van der Waals surface area contributed by atoms with Crippen LogP contribution in [0.5, 0.6) is 0 Å². The number of hydrogen-bond acceptors (Lipinski definition) is 4. The van der Waals surface area contributed by atoms with Gasteiger partial charge in [0.15, 0.2) is 0 Å². The van der Waals surface area contributed by atoms with Gasteiger partial charge in [-0.2, -0.15) is 4.31 Å². The summed E-state index contributed by atoms with van der Waals surface area (Å²) in [6, 6.07) is 6.49. The van der Waals surface area contributed by atoms with Gasteiger partial charge in [0.2, 0.25) is 5.91 Å². The summed E-state index contributed by atoms with van der Waals surface area (Å²) in [6.07, 6.45) is 0.997. The van der Waals surface area contributed by atoms with Crippen LogP contribution in [-0.4, -0.2) is 31.2 Å². The van der Waals surface area contributed by atoms with Crippen molar-refractivity contribution in [1.29, 1.82) is 0 Å². The van der Waals surface area contributed by atoms with Crippen molar-refractivity contribution in [1.82, 2.24) is 4.31 Å². The Bertz CT molecular complexity index is 914. The van der Waals surface area contributed by atoms with E-state index in [1.807, 2.05) is 0 Å². The van der Waals surface area contributed by atoms with Crippen molar-refractivity contribution >= 4 is 44.6 Å². The Labute approximate surface area is 154 Å². The third-order valence-electron chi connectivity index (χ3n) is 4.06. The fourth-order valence-corrected chi connectivity index (χ4v) is 6.01. The number of rotatable bonds is 4. The Morgan fingerprint density at radius 3 is 2.76 bits per heavy atom. The van der Waals surface area contributed by atoms with Gasteiger partial charge in [0.25, 0.3) is 10.0 Å². The van der Waals surface area contributed by atoms with Gasteiger partial charge in [-0.1, -0.05) is 17.7 Å². The van der Waals surface area contributed by atoms with Crippen LogP contribution in [0.2, 0.25) is 4.34 Å². The molecule has 0 saturated carbocycles. The molecular formula is C16H16ClFN2O3S2. The predicted octanol–water partition coefficient (Wildman–Crippen LogP) is 3.64. The molecule has 1 aliphatic rings. The maximum Gasteiger partial charge on any atom is 0.253 e. The molecule has 1 fully saturated rings. The van der Waals surface area contributed by atoms with E-state index < -0.39 is 27.8 Å². The van der Waals surface area contributed by atoms with Gasteiger partial charge in [-0.25, -0.2) is 12.8 Å². The zero-order valence-electron chi connectivity index (χ0n) is 13.3. The van der Waals surface area contributed by atoms with E-state index in [9.17, 15) is 17.6 Å². The third kappa shape index (κ3) is 3.72. The second-order valence-corrected chi connectivity index (χ2v) is 9.62. The molecule has 1 aromatic carbocycles. The molecule has 134 valence electrons. The molecule has 1 N–H and O–H groups in total. The number of anilines is 1. The lowest BCUT2D eigenvalue weighted by molar-refractivity contribution is -0.119. The van der Waals surface area contributed by atoms with Gasteiger partial charge in [0.05, 0.1) is 4.34 Å². The van der Waals surface area contributed by atoms with E-state index in [0.717, 1.165) is 11.3 Å². The molecule has 25 heavy (non-hydrogen) atoms. The predicted molar refractivity (Wildman–Crippen MR) is 96.0 cm³/mol. The van der Waals surface area contributed by atoms with Gasteiger partial charge in [-0.3, -0.25) is 4.79 Å². The summed E-state index contributed by atoms with van der Waals surface area (Å²) in [5, 5.41) is 2.60. The van der Waals surface area contributed by atoms with Gasteiger partial charge in [0, 0.05) is 12.2 Å². The standard InChI is InChI=1S/C16H16ClFN2O3S2/c1-10-4-5-11(9-12(10)18)19-16(21)13-3-2-8-20(13)25(22,23)15-7-6-14(17)24-15/h4-7,9,13H,2-3,8H2,1H3,(H,19,21)/t13-/m0/s1. The summed E-state index contributed by atoms with van der Waals surface area (Å²) in [7, 11) is -3.79. The number of sulfonamides is 1. The summed E-state index contributed by atoms with van der Waals surface area (Å²) in [5.41, 5.74) is 0.772. The number of nitrogens with one attached hydrogen (secondary N) is 1. The van der Waals surface area contributed by atoms with Crippen molar-refractivity contribution in [2.45, 2.75) is 30.0 Å². The van der Waals surface area contributed by atoms with Crippen molar-refractivity contribution in [2.75, 3.05) is 11.9 Å². The number of thiophene rings is 1. The second kappa shape index (κ2) is 7.03. The van der Waals surface area contributed by atoms with Gasteiger partial charge < -0.3 is 5.32 Å². The van der Waals surface area contributed by atoms with Gasteiger partial charge in [-0.15, -0.1) is 11.3 Å². The molecule has 1 saturated heterocycles. The van der Waals surface area contributed by atoms with Gasteiger partial charge in [-0.05, 0) is 49.6 Å². The second-order valence-electron chi connectivity index (χ2n) is 5.79. The van der Waals surface area contributed by atoms with E-state index in [0.29, 0.717) is 28.4 Å². The van der Waals surface area contributed by atoms with Crippen LogP contribution < -0.4 is 5.32 Å². The number of nitrogens with zero attached hydrogens (tertiary/aromatic N) is 1. The SMILES string of the molecule is Cc1ccc(NC(=O)[C@@H]2CCCN2S(=O)(=O)c2ccc(Cl)s2)cc1F. The monoisotopic (exact) mass is 402 g/mol. The summed E-state index contributed by atoms with van der Waals surface area (Å²) in [5.74, 6) is -0.895. The van der Waals surface area contributed by atoms with E-state index in [1.54, 1.807) is 19.1 Å². The molecule has 1 atom stereocenters. The highest BCUT2D eigenvalue weighted by Crippen LogP contribution is 2.32. The minimum Gasteiger partial charge on any atom is -0.325 e. The first-order chi connectivity index (χ1) is 11.8. The topological polar surface area (TPSA) is 66.5 Å². The summed E-state index contributed by atoms with van der Waals surface area (Å²) in [6.45, 7) is 1.89. The fourth-order valence-electron chi connectivity index (χ4n) is 2.74. The molecule has 1 amide bonds. The lowest BCUT2D eigenvalue weighted by Crippen LogP contribution is -2.42. The van der Waals surface area contributed by atoms with Crippen molar-refractivity contribution in [2.24, 2.45) is 0 Å². The van der Waals surface area contributed by atoms with Crippen molar-refractivity contribution in [3.8, 4) is 0 Å². The normalized spacial score (nSPS) is 18.4. The van der Waals surface area contributed by atoms with Crippen LogP contribution in [0.1, 0.15) is 18.4 Å². The zero-order chi connectivity index (χ0) is 18.2. The van der Waals surface area contributed by atoms with Crippen molar-refractivity contribution in [3.05, 3.63) is 46.0 Å². The van der Waals surface area contributed by atoms with Crippen molar-refractivity contribution in [3.63, 3.8) is 0 Å². The molecule has 0 bridgehead atoms. The Balaban J connectivity index is 1.81. The highest BCUT2D eigenvalue weighted by molar-refractivity contribution is 7.91. The molecule has 9 heteroatoms. The summed E-state index contributed by atoms with van der Waals surface area (Å²) < 4.78 is 40.8. The molecule has 0 spiro atoms. The molecule has 2 aromatic rings. The third-order valence-corrected chi connectivity index (χ3v) is 7.66. The Kier molecular flexibility index (Phi) is 5.15. The molecule has 1 aromatic heterocycles. The number of amides is 1. The van der Waals surface area contributed by atoms with E-state index in [1.165, 1.54) is 22.5 Å². The Hall–Kier alpha value is -1.48. The number of halogens is 2. The molecule has 2 heterocycles. The first kappa shape index (κ1) is 18.3. The number of hydrogen-bond donors (Lipinski definition) is 1. The summed E-state index contributed by atoms with van der Waals surface area (Å²) in [4.78, 5) is 12.5. The highest BCUT2D eigenvalue weighted by atomic mass is 35.5. The smallest absolute Gasteiger partial charge is 0.253 e. The highest BCUT2D eigenvalue weighted by Gasteiger charge is 2.40. The molecular weight excluding hydrogens is 387 g/mol. The van der Waals surface area contributed by atoms with Crippen LogP contribution in [-0.2, 0) is 14.8 Å². The van der Waals surface area contributed by atoms with E-state index in [4.69, 9.17) is 11.6 Å². The summed E-state index contributed by atoms with van der Waals surface area (Å²) >= 11 is 6.79. The lowest BCUT2D eigenvalue weighted by atomic mass is 10.2. The minimum atomic E-state index is -3.79. The van der Waals surface area contributed by atoms with E-state index in [2.05, 4.69) is 5.32 Å². The van der Waals surface area contributed by atoms with Gasteiger partial charge >= 0.3 is 0 Å². The Morgan fingerprint density at radius 1 is 1.36 bits per heavy atom. The zero-order valence-corrected chi connectivity index (χ0v) is 15.7. The average molecular weight is 403 g/mol. The average Bonchev–Trinajstić information content (AvgIpc) is 3.20. The molecule has 3 rings (SSSR count). The van der Waals surface area contributed by atoms with Crippen molar-refractivity contribution < 1.29 is 17.6 Å². The van der Waals surface area contributed by atoms with Gasteiger partial charge in [0.1, 0.15) is 16.1 Å². The van der Waals surface area contributed by atoms with Crippen LogP contribution >= 0.6 is 22.9 Å². The lowest BCUT2D eigenvalue weighted by Gasteiger charge is -2.22. The molecule has 0 unspecified atom stereocenters. The molecule has 1 aliphatic heterocycles. The van der Waals surface area contributed by atoms with Crippen LogP contribution in [0.4, 0.5) is 10.1 Å². The number of carbonyl (C=O) groups is 1. The first-order valence-electron chi connectivity index (χ1n) is 7.63. The minimum absolute atomic E-state index is 0.110. The first-order valence-corrected chi connectivity index (χ1v) is 10.3. The van der Waals surface area contributed by atoms with Crippen LogP contribution in [0.25, 0.3) is 0 Å². The molecule has 5 nitrogen and oxygen atoms in total. The number of benzene rings is 1. The van der Waals surface area contributed by atoms with Crippen LogP contribution in [0.3, 0.4) is 0 Å². The van der Waals surface area contributed by atoms with E-state index >= 15 is 0 Å².